The molecule has 0 saturated carbocycles. The van der Waals surface area contributed by atoms with Crippen molar-refractivity contribution in [3.8, 4) is 5.69 Å². The predicted molar refractivity (Wildman–Crippen MR) is 117 cm³/mol. The smallest absolute Gasteiger partial charge is 0.417 e. The molecule has 0 aliphatic rings. The number of anilines is 1. The van der Waals surface area contributed by atoms with Crippen molar-refractivity contribution in [3.63, 3.8) is 0 Å². The molecule has 6 nitrogen and oxygen atoms in total. The number of carbonyl (C=O) groups excluding carboxylic acids is 1. The third kappa shape index (κ3) is 4.72. The molecule has 0 aliphatic heterocycles. The summed E-state index contributed by atoms with van der Waals surface area (Å²) in [5.74, 6) is -1.19. The molecule has 0 bridgehead atoms. The zero-order chi connectivity index (χ0) is 23.8. The van der Waals surface area contributed by atoms with E-state index in [0.717, 1.165) is 21.6 Å². The van der Waals surface area contributed by atoms with Gasteiger partial charge in [0.05, 0.1) is 21.6 Å². The molecule has 0 spiro atoms. The monoisotopic (exact) mass is 467 g/mol. The molecule has 3 aromatic rings. The number of rotatable bonds is 4. The van der Waals surface area contributed by atoms with E-state index in [1.54, 1.807) is 33.8 Å². The summed E-state index contributed by atoms with van der Waals surface area (Å²) in [5, 5.41) is 0.0760. The van der Waals surface area contributed by atoms with Crippen molar-refractivity contribution in [1.82, 2.24) is 9.55 Å². The molecule has 170 valence electrons. The van der Waals surface area contributed by atoms with Crippen LogP contribution in [0.3, 0.4) is 0 Å². The average molecular weight is 468 g/mol. The Balaban J connectivity index is 2.38. The van der Waals surface area contributed by atoms with Gasteiger partial charge in [-0.1, -0.05) is 17.7 Å². The lowest BCUT2D eigenvalue weighted by molar-refractivity contribution is 0.0579. The maximum atomic E-state index is 14.2. The second kappa shape index (κ2) is 8.82. The highest BCUT2D eigenvalue weighted by Crippen LogP contribution is 2.28. The second-order valence-electron chi connectivity index (χ2n) is 7.95. The van der Waals surface area contributed by atoms with Crippen molar-refractivity contribution in [2.24, 2.45) is 0 Å². The molecule has 0 saturated heterocycles. The van der Waals surface area contributed by atoms with Crippen LogP contribution in [0.2, 0.25) is 5.02 Å². The van der Waals surface area contributed by atoms with Crippen molar-refractivity contribution in [2.75, 3.05) is 11.4 Å². The maximum absolute atomic E-state index is 14.2. The number of nitrogens with zero attached hydrogens (tertiary/aromatic N) is 3. The van der Waals surface area contributed by atoms with Crippen LogP contribution in [0.15, 0.2) is 41.2 Å². The van der Waals surface area contributed by atoms with E-state index in [2.05, 4.69) is 4.98 Å². The Morgan fingerprint density at radius 1 is 1.25 bits per heavy atom. The van der Waals surface area contributed by atoms with Gasteiger partial charge in [-0.2, -0.15) is 0 Å². The van der Waals surface area contributed by atoms with E-state index in [1.165, 1.54) is 12.1 Å². The number of fused-ring (bicyclic) bond motifs is 1. The van der Waals surface area contributed by atoms with E-state index < -0.39 is 35.1 Å². The first-order chi connectivity index (χ1) is 14.9. The van der Waals surface area contributed by atoms with Crippen molar-refractivity contribution < 1.29 is 22.7 Å². The second-order valence-corrected chi connectivity index (χ2v) is 8.36. The average Bonchev–Trinajstić information content (AvgIpc) is 2.66. The highest BCUT2D eigenvalue weighted by atomic mass is 35.5. The van der Waals surface area contributed by atoms with Crippen LogP contribution < -0.4 is 10.5 Å². The minimum absolute atomic E-state index is 0.000941. The van der Waals surface area contributed by atoms with E-state index in [1.807, 2.05) is 0 Å². The fourth-order valence-electron chi connectivity index (χ4n) is 3.11. The summed E-state index contributed by atoms with van der Waals surface area (Å²) >= 11 is 6.20. The van der Waals surface area contributed by atoms with E-state index in [-0.39, 0.29) is 34.1 Å². The lowest BCUT2D eigenvalue weighted by atomic mass is 10.2. The van der Waals surface area contributed by atoms with Gasteiger partial charge in [-0.15, -0.1) is 0 Å². The van der Waals surface area contributed by atoms with Crippen molar-refractivity contribution in [3.05, 3.63) is 63.2 Å². The molecule has 0 aliphatic carbocycles. The molecule has 0 unspecified atom stereocenters. The number of ether oxygens (including phenoxy) is 1. The lowest BCUT2D eigenvalue weighted by Crippen LogP contribution is -2.40. The van der Waals surface area contributed by atoms with Gasteiger partial charge in [0.2, 0.25) is 5.95 Å². The number of benzene rings is 2. The molecule has 0 fully saturated rings. The van der Waals surface area contributed by atoms with Crippen LogP contribution in [0, 0.1) is 5.82 Å². The molecule has 32 heavy (non-hydrogen) atoms. The van der Waals surface area contributed by atoms with Gasteiger partial charge in [-0.05, 0) is 58.0 Å². The zero-order valence-corrected chi connectivity index (χ0v) is 18.6. The van der Waals surface area contributed by atoms with Crippen LogP contribution in [-0.4, -0.2) is 27.8 Å². The van der Waals surface area contributed by atoms with Crippen molar-refractivity contribution in [1.29, 1.82) is 0 Å². The maximum Gasteiger partial charge on any atom is 0.417 e. The Morgan fingerprint density at radius 3 is 2.53 bits per heavy atom. The molecule has 0 N–H and O–H groups in total. The number of halogens is 4. The zero-order valence-electron chi connectivity index (χ0n) is 17.8. The van der Waals surface area contributed by atoms with E-state index >= 15 is 0 Å². The summed E-state index contributed by atoms with van der Waals surface area (Å²) in [6, 6.07) is 7.11. The van der Waals surface area contributed by atoms with Crippen LogP contribution in [0.1, 0.15) is 39.7 Å². The summed E-state index contributed by atoms with van der Waals surface area (Å²) in [5.41, 5.74) is -2.27. The molecule has 0 atom stereocenters. The first kappa shape index (κ1) is 23.6. The quantitative estimate of drug-likeness (QED) is 0.481. The molecular weight excluding hydrogens is 447 g/mol. The molecule has 1 aromatic heterocycles. The third-order valence-corrected chi connectivity index (χ3v) is 4.73. The normalized spacial score (nSPS) is 11.8. The fraction of sp³-hybridized carbons (Fsp3) is 0.318. The van der Waals surface area contributed by atoms with Crippen LogP contribution in [0.25, 0.3) is 16.6 Å². The van der Waals surface area contributed by atoms with Crippen LogP contribution >= 0.6 is 11.6 Å². The number of carbonyl (C=O) groups is 1. The Kier molecular flexibility index (Phi) is 6.50. The van der Waals surface area contributed by atoms with Gasteiger partial charge in [-0.25, -0.2) is 32.4 Å². The highest BCUT2D eigenvalue weighted by molar-refractivity contribution is 6.35. The molecule has 2 aromatic carbocycles. The molecule has 1 heterocycles. The number of hydrogen-bond acceptors (Lipinski definition) is 4. The lowest BCUT2D eigenvalue weighted by Gasteiger charge is -2.27. The largest absolute Gasteiger partial charge is 0.443 e. The summed E-state index contributed by atoms with van der Waals surface area (Å²) in [6.07, 6.45) is -3.79. The van der Waals surface area contributed by atoms with E-state index in [9.17, 15) is 22.8 Å². The fourth-order valence-corrected chi connectivity index (χ4v) is 3.36. The highest BCUT2D eigenvalue weighted by Gasteiger charge is 2.28. The number of hydrogen-bond donors (Lipinski definition) is 0. The Labute approximate surface area is 187 Å². The Hall–Kier alpha value is -3.07. The van der Waals surface area contributed by atoms with Gasteiger partial charge in [-0.3, -0.25) is 4.79 Å². The van der Waals surface area contributed by atoms with Gasteiger partial charge in [0, 0.05) is 12.1 Å². The summed E-state index contributed by atoms with van der Waals surface area (Å²) in [6.45, 7) is 6.66. The van der Waals surface area contributed by atoms with Crippen molar-refractivity contribution >= 4 is 34.5 Å². The molecule has 0 radical (unpaired) electrons. The van der Waals surface area contributed by atoms with Gasteiger partial charge in [0.25, 0.3) is 12.0 Å². The summed E-state index contributed by atoms with van der Waals surface area (Å²) in [7, 11) is 0. The van der Waals surface area contributed by atoms with Gasteiger partial charge < -0.3 is 4.74 Å². The van der Waals surface area contributed by atoms with Gasteiger partial charge in [0.1, 0.15) is 11.4 Å². The Morgan fingerprint density at radius 2 is 1.94 bits per heavy atom. The number of alkyl halides is 2. The van der Waals surface area contributed by atoms with E-state index in [0.29, 0.717) is 6.07 Å². The first-order valence-electron chi connectivity index (χ1n) is 9.73. The standard InChI is InChI=1S/C22H21ClF3N3O3/c1-5-28(21(31)32-22(2,3)4)20-27-16-8-6-7-15(23)17(16)19(30)29(20)14-10-12(18(25)26)9-13(24)11-14/h6-11,18H,5H2,1-4H3. The van der Waals surface area contributed by atoms with Gasteiger partial charge in [0.15, 0.2) is 0 Å². The molecule has 10 heteroatoms. The molecule has 1 amide bonds. The first-order valence-corrected chi connectivity index (χ1v) is 10.1. The molecular formula is C22H21ClF3N3O3. The Bertz CT molecular complexity index is 1240. The minimum atomic E-state index is -2.98. The van der Waals surface area contributed by atoms with E-state index in [4.69, 9.17) is 16.3 Å². The number of amides is 1. The predicted octanol–water partition coefficient (Wildman–Crippen LogP) is 5.88. The van der Waals surface area contributed by atoms with Gasteiger partial charge >= 0.3 is 6.09 Å². The van der Waals surface area contributed by atoms with Crippen molar-refractivity contribution in [2.45, 2.75) is 39.7 Å². The number of aromatic nitrogens is 2. The van der Waals surface area contributed by atoms with Crippen LogP contribution in [-0.2, 0) is 4.74 Å². The third-order valence-electron chi connectivity index (χ3n) is 4.42. The van der Waals surface area contributed by atoms with Crippen LogP contribution in [0.4, 0.5) is 23.9 Å². The summed E-state index contributed by atoms with van der Waals surface area (Å²) in [4.78, 5) is 31.8. The summed E-state index contributed by atoms with van der Waals surface area (Å²) < 4.78 is 47.1. The molecule has 3 rings (SSSR count). The minimum Gasteiger partial charge on any atom is -0.443 e. The topological polar surface area (TPSA) is 64.4 Å². The van der Waals surface area contributed by atoms with Crippen LogP contribution in [0.5, 0.6) is 0 Å². The SMILES string of the molecule is CCN(C(=O)OC(C)(C)C)c1nc2cccc(Cl)c2c(=O)n1-c1cc(F)cc(C(F)F)c1.